The highest BCUT2D eigenvalue weighted by Crippen LogP contribution is 2.38. The van der Waals surface area contributed by atoms with Gasteiger partial charge in [0.15, 0.2) is 0 Å². The molecule has 0 bridgehead atoms. The lowest BCUT2D eigenvalue weighted by atomic mass is 9.80. The highest BCUT2D eigenvalue weighted by Gasteiger charge is 2.26. The lowest BCUT2D eigenvalue weighted by molar-refractivity contribution is 0.319. The Bertz CT molecular complexity index is 502. The number of hydrogen-bond donors (Lipinski definition) is 1. The van der Waals surface area contributed by atoms with Crippen LogP contribution in [0.1, 0.15) is 31.2 Å². The van der Waals surface area contributed by atoms with Crippen molar-refractivity contribution in [1.82, 2.24) is 5.32 Å². The summed E-state index contributed by atoms with van der Waals surface area (Å²) in [6, 6.07) is 8.84. The van der Waals surface area contributed by atoms with Gasteiger partial charge >= 0.3 is 0 Å². The van der Waals surface area contributed by atoms with Crippen LogP contribution in [0.15, 0.2) is 29.6 Å². The molecule has 1 aliphatic heterocycles. The molecule has 0 radical (unpaired) electrons. The Balaban J connectivity index is 2.01. The maximum absolute atomic E-state index is 3.53. The van der Waals surface area contributed by atoms with Gasteiger partial charge in [0, 0.05) is 4.70 Å². The van der Waals surface area contributed by atoms with Gasteiger partial charge in [-0.05, 0) is 53.7 Å². The molecule has 0 amide bonds. The van der Waals surface area contributed by atoms with Gasteiger partial charge in [-0.1, -0.05) is 31.5 Å². The number of nitrogens with one attached hydrogen (secondary N) is 1. The number of thiophene rings is 1. The summed E-state index contributed by atoms with van der Waals surface area (Å²) in [4.78, 5) is 0. The van der Waals surface area contributed by atoms with E-state index in [-0.39, 0.29) is 0 Å². The smallest absolute Gasteiger partial charge is 0.0345 e. The third-order valence-corrected chi connectivity index (χ3v) is 5.02. The summed E-state index contributed by atoms with van der Waals surface area (Å²) in [5.41, 5.74) is 1.60. The summed E-state index contributed by atoms with van der Waals surface area (Å²) in [5.74, 6) is 1.57. The maximum Gasteiger partial charge on any atom is 0.0345 e. The summed E-state index contributed by atoms with van der Waals surface area (Å²) in [6.07, 6.45) is 2.57. The first kappa shape index (κ1) is 11.2. The number of rotatable bonds is 2. The van der Waals surface area contributed by atoms with Gasteiger partial charge < -0.3 is 5.32 Å². The normalized spacial score (nSPS) is 25.2. The van der Waals surface area contributed by atoms with Crippen molar-refractivity contribution in [3.8, 4) is 0 Å². The van der Waals surface area contributed by atoms with E-state index in [0.29, 0.717) is 0 Å². The van der Waals surface area contributed by atoms with Crippen molar-refractivity contribution in [2.45, 2.75) is 25.7 Å². The van der Waals surface area contributed by atoms with E-state index < -0.39 is 0 Å². The molecule has 90 valence electrons. The molecular formula is C15H19NS. The molecule has 0 aliphatic carbocycles. The van der Waals surface area contributed by atoms with Crippen molar-refractivity contribution >= 4 is 21.4 Å². The number of piperidine rings is 1. The molecule has 1 aromatic carbocycles. The van der Waals surface area contributed by atoms with Crippen LogP contribution >= 0.6 is 11.3 Å². The fourth-order valence-electron chi connectivity index (χ4n) is 3.05. The van der Waals surface area contributed by atoms with Gasteiger partial charge in [0.1, 0.15) is 0 Å². The van der Waals surface area contributed by atoms with E-state index in [0.717, 1.165) is 11.8 Å². The molecule has 2 atom stereocenters. The van der Waals surface area contributed by atoms with Crippen LogP contribution in [0.4, 0.5) is 0 Å². The van der Waals surface area contributed by atoms with Crippen molar-refractivity contribution in [3.05, 3.63) is 35.2 Å². The first-order valence-corrected chi connectivity index (χ1v) is 7.45. The van der Waals surface area contributed by atoms with Crippen molar-refractivity contribution in [3.63, 3.8) is 0 Å². The zero-order valence-corrected chi connectivity index (χ0v) is 11.1. The van der Waals surface area contributed by atoms with Crippen molar-refractivity contribution in [1.29, 1.82) is 0 Å². The molecule has 1 fully saturated rings. The van der Waals surface area contributed by atoms with E-state index in [1.165, 1.54) is 36.0 Å². The molecule has 0 spiro atoms. The van der Waals surface area contributed by atoms with Gasteiger partial charge in [-0.15, -0.1) is 11.3 Å². The van der Waals surface area contributed by atoms with E-state index in [9.17, 15) is 0 Å². The van der Waals surface area contributed by atoms with Crippen LogP contribution in [0.2, 0.25) is 0 Å². The Hall–Kier alpha value is -0.860. The predicted octanol–water partition coefficient (Wildman–Crippen LogP) is 4.00. The molecule has 2 aromatic rings. The predicted molar refractivity (Wildman–Crippen MR) is 75.8 cm³/mol. The largest absolute Gasteiger partial charge is 0.316 e. The number of fused-ring (bicyclic) bond motifs is 1. The Morgan fingerprint density at radius 3 is 3.12 bits per heavy atom. The Morgan fingerprint density at radius 1 is 1.35 bits per heavy atom. The Kier molecular flexibility index (Phi) is 3.17. The summed E-state index contributed by atoms with van der Waals surface area (Å²) in [6.45, 7) is 4.68. The van der Waals surface area contributed by atoms with Crippen LogP contribution in [0.5, 0.6) is 0 Å². The lowest BCUT2D eigenvalue weighted by Crippen LogP contribution is -2.34. The van der Waals surface area contributed by atoms with Crippen LogP contribution in [0.3, 0.4) is 0 Å². The highest BCUT2D eigenvalue weighted by molar-refractivity contribution is 7.17. The summed E-state index contributed by atoms with van der Waals surface area (Å²) in [5, 5.41) is 7.41. The first-order chi connectivity index (χ1) is 8.40. The van der Waals surface area contributed by atoms with Gasteiger partial charge in [-0.2, -0.15) is 0 Å². The van der Waals surface area contributed by atoms with Crippen molar-refractivity contribution < 1.29 is 0 Å². The van der Waals surface area contributed by atoms with Gasteiger partial charge in [0.2, 0.25) is 0 Å². The monoisotopic (exact) mass is 245 g/mol. The highest BCUT2D eigenvalue weighted by atomic mass is 32.1. The topological polar surface area (TPSA) is 12.0 Å². The molecule has 1 saturated heterocycles. The van der Waals surface area contributed by atoms with Crippen LogP contribution in [-0.2, 0) is 0 Å². The van der Waals surface area contributed by atoms with Gasteiger partial charge in [0.05, 0.1) is 0 Å². The van der Waals surface area contributed by atoms with Crippen LogP contribution in [0, 0.1) is 5.92 Å². The zero-order valence-electron chi connectivity index (χ0n) is 10.3. The van der Waals surface area contributed by atoms with Crippen molar-refractivity contribution in [2.75, 3.05) is 13.1 Å². The number of benzene rings is 1. The summed E-state index contributed by atoms with van der Waals surface area (Å²) >= 11 is 1.90. The molecule has 1 aliphatic rings. The average molecular weight is 245 g/mol. The Morgan fingerprint density at radius 2 is 2.24 bits per heavy atom. The summed E-state index contributed by atoms with van der Waals surface area (Å²) in [7, 11) is 0. The van der Waals surface area contributed by atoms with Crippen LogP contribution in [-0.4, -0.2) is 13.1 Å². The van der Waals surface area contributed by atoms with E-state index in [2.05, 4.69) is 41.9 Å². The van der Waals surface area contributed by atoms with Crippen molar-refractivity contribution in [2.24, 2.45) is 5.92 Å². The van der Waals surface area contributed by atoms with E-state index >= 15 is 0 Å². The third-order valence-electron chi connectivity index (χ3n) is 4.04. The third kappa shape index (κ3) is 2.00. The molecule has 0 saturated carbocycles. The molecule has 2 heterocycles. The van der Waals surface area contributed by atoms with Crippen LogP contribution in [0.25, 0.3) is 10.1 Å². The second-order valence-corrected chi connectivity index (χ2v) is 5.87. The second-order valence-electron chi connectivity index (χ2n) is 4.95. The van der Waals surface area contributed by atoms with Gasteiger partial charge in [0.25, 0.3) is 0 Å². The van der Waals surface area contributed by atoms with Gasteiger partial charge in [-0.3, -0.25) is 0 Å². The lowest BCUT2D eigenvalue weighted by Gasteiger charge is -2.31. The van der Waals surface area contributed by atoms with E-state index in [4.69, 9.17) is 0 Å². The molecule has 17 heavy (non-hydrogen) atoms. The molecule has 2 heteroatoms. The standard InChI is InChI=1S/C15H19NS/c1-2-11-9-16-8-7-12(11)14-10-17-15-6-4-3-5-13(14)15/h3-6,10-12,16H,2,7-9H2,1H3. The molecule has 2 unspecified atom stereocenters. The maximum atomic E-state index is 3.53. The minimum atomic E-state index is 0.761. The quantitative estimate of drug-likeness (QED) is 0.843. The Labute approximate surface area is 107 Å². The average Bonchev–Trinajstić information content (AvgIpc) is 2.82. The zero-order chi connectivity index (χ0) is 11.7. The fraction of sp³-hybridized carbons (Fsp3) is 0.467. The first-order valence-electron chi connectivity index (χ1n) is 6.57. The fourth-order valence-corrected chi connectivity index (χ4v) is 4.07. The molecule has 1 aromatic heterocycles. The minimum Gasteiger partial charge on any atom is -0.316 e. The van der Waals surface area contributed by atoms with Crippen LogP contribution < -0.4 is 5.32 Å². The summed E-state index contributed by atoms with van der Waals surface area (Å²) < 4.78 is 1.44. The van der Waals surface area contributed by atoms with Gasteiger partial charge in [-0.25, -0.2) is 0 Å². The van der Waals surface area contributed by atoms with E-state index in [1.54, 1.807) is 5.56 Å². The SMILES string of the molecule is CCC1CNCCC1c1csc2ccccc12. The molecular weight excluding hydrogens is 226 g/mol. The molecule has 1 nitrogen and oxygen atoms in total. The van der Waals surface area contributed by atoms with E-state index in [1.807, 2.05) is 11.3 Å². The molecule has 1 N–H and O–H groups in total. The second kappa shape index (κ2) is 4.79. The minimum absolute atomic E-state index is 0.761. The number of hydrogen-bond acceptors (Lipinski definition) is 2. The molecule has 3 rings (SSSR count).